The van der Waals surface area contributed by atoms with Crippen molar-refractivity contribution in [1.29, 1.82) is 0 Å². The maximum atomic E-state index is 11.1. The number of carboxylic acid groups (broad SMARTS) is 1. The number of hydrogen-bond donors (Lipinski definition) is 1. The highest BCUT2D eigenvalue weighted by Gasteiger charge is 2.28. The van der Waals surface area contributed by atoms with E-state index in [9.17, 15) is 4.79 Å². The summed E-state index contributed by atoms with van der Waals surface area (Å²) < 4.78 is 7.66. The molecule has 0 aliphatic heterocycles. The molecule has 1 atom stereocenters. The van der Waals surface area contributed by atoms with Gasteiger partial charge in [-0.15, -0.1) is 0 Å². The largest absolute Gasteiger partial charge is 0.492 e. The van der Waals surface area contributed by atoms with E-state index in [1.165, 1.54) is 0 Å². The molecule has 1 N–H and O–H groups in total. The van der Waals surface area contributed by atoms with Crippen molar-refractivity contribution in [3.8, 4) is 5.75 Å². The fraction of sp³-hybridized carbons (Fsp3) is 0.333. The van der Waals surface area contributed by atoms with Gasteiger partial charge in [-0.1, -0.05) is 6.07 Å². The van der Waals surface area contributed by atoms with E-state index in [0.29, 0.717) is 13.0 Å². The monoisotopic (exact) mass is 272 g/mol. The van der Waals surface area contributed by atoms with Crippen molar-refractivity contribution in [2.45, 2.75) is 25.3 Å². The summed E-state index contributed by atoms with van der Waals surface area (Å²) in [6, 6.07) is 5.70. The molecule has 5 heteroatoms. The van der Waals surface area contributed by atoms with E-state index in [1.54, 1.807) is 12.5 Å². The van der Waals surface area contributed by atoms with Gasteiger partial charge in [0.1, 0.15) is 12.4 Å². The lowest BCUT2D eigenvalue weighted by molar-refractivity contribution is -0.138. The van der Waals surface area contributed by atoms with E-state index in [2.05, 4.69) is 4.98 Å². The fourth-order valence-electron chi connectivity index (χ4n) is 2.63. The highest BCUT2D eigenvalue weighted by Crippen LogP contribution is 2.35. The first-order valence-electron chi connectivity index (χ1n) is 6.68. The van der Waals surface area contributed by atoms with Crippen molar-refractivity contribution in [2.24, 2.45) is 0 Å². The Hall–Kier alpha value is -2.30. The SMILES string of the molecule is O=C(O)[C@@H]1CCc2cc(OCCn3ccnc3)ccc21. The molecule has 0 radical (unpaired) electrons. The van der Waals surface area contributed by atoms with Crippen LogP contribution in [0.3, 0.4) is 0 Å². The van der Waals surface area contributed by atoms with Crippen LogP contribution in [0.2, 0.25) is 0 Å². The standard InChI is InChI=1S/C15H16N2O3/c18-15(19)14-3-1-11-9-12(2-4-13(11)14)20-8-7-17-6-5-16-10-17/h2,4-6,9-10,14H,1,3,7-8H2,(H,18,19)/t14-/m1/s1. The predicted octanol–water partition coefficient (Wildman–Crippen LogP) is 2.08. The van der Waals surface area contributed by atoms with E-state index in [4.69, 9.17) is 9.84 Å². The van der Waals surface area contributed by atoms with E-state index < -0.39 is 5.97 Å². The number of carbonyl (C=O) groups is 1. The summed E-state index contributed by atoms with van der Waals surface area (Å²) in [5.74, 6) is -0.294. The van der Waals surface area contributed by atoms with Gasteiger partial charge in [-0.3, -0.25) is 4.79 Å². The second-order valence-electron chi connectivity index (χ2n) is 4.94. The van der Waals surface area contributed by atoms with E-state index >= 15 is 0 Å². The minimum atomic E-state index is -0.738. The van der Waals surface area contributed by atoms with Crippen LogP contribution in [0, 0.1) is 0 Å². The van der Waals surface area contributed by atoms with Crippen LogP contribution >= 0.6 is 0 Å². The summed E-state index contributed by atoms with van der Waals surface area (Å²) >= 11 is 0. The Bertz CT molecular complexity index is 608. The molecule has 2 aromatic rings. The predicted molar refractivity (Wildman–Crippen MR) is 72.9 cm³/mol. The van der Waals surface area contributed by atoms with Gasteiger partial charge in [-0.25, -0.2) is 4.98 Å². The Morgan fingerprint density at radius 1 is 1.50 bits per heavy atom. The molecule has 1 aliphatic rings. The molecule has 0 saturated heterocycles. The first-order valence-corrected chi connectivity index (χ1v) is 6.68. The highest BCUT2D eigenvalue weighted by atomic mass is 16.5. The fourth-order valence-corrected chi connectivity index (χ4v) is 2.63. The Morgan fingerprint density at radius 2 is 2.40 bits per heavy atom. The van der Waals surface area contributed by atoms with Crippen molar-refractivity contribution >= 4 is 5.97 Å². The summed E-state index contributed by atoms with van der Waals surface area (Å²) in [6.07, 6.45) is 6.88. The molecule has 1 aromatic carbocycles. The third kappa shape index (κ3) is 2.52. The number of carboxylic acids is 1. The summed E-state index contributed by atoms with van der Waals surface area (Å²) in [5, 5.41) is 9.14. The molecule has 1 aliphatic carbocycles. The number of aromatic nitrogens is 2. The average molecular weight is 272 g/mol. The number of hydrogen-bond acceptors (Lipinski definition) is 3. The summed E-state index contributed by atoms with van der Waals surface area (Å²) in [5.41, 5.74) is 2.02. The Morgan fingerprint density at radius 3 is 3.15 bits per heavy atom. The summed E-state index contributed by atoms with van der Waals surface area (Å²) in [4.78, 5) is 15.1. The van der Waals surface area contributed by atoms with Crippen LogP contribution in [0.1, 0.15) is 23.5 Å². The number of imidazole rings is 1. The molecule has 0 fully saturated rings. The van der Waals surface area contributed by atoms with Gasteiger partial charge in [0.05, 0.1) is 18.8 Å². The first-order chi connectivity index (χ1) is 9.74. The lowest BCUT2D eigenvalue weighted by Crippen LogP contribution is -2.08. The third-order valence-electron chi connectivity index (χ3n) is 3.67. The highest BCUT2D eigenvalue weighted by molar-refractivity contribution is 5.78. The second kappa shape index (κ2) is 5.36. The maximum Gasteiger partial charge on any atom is 0.310 e. The minimum absolute atomic E-state index is 0.356. The van der Waals surface area contributed by atoms with Crippen LogP contribution in [0.4, 0.5) is 0 Å². The molecule has 0 amide bonds. The Labute approximate surface area is 116 Å². The molecule has 1 aromatic heterocycles. The normalized spacial score (nSPS) is 16.9. The molecule has 0 spiro atoms. The van der Waals surface area contributed by atoms with Gasteiger partial charge >= 0.3 is 5.97 Å². The van der Waals surface area contributed by atoms with Gasteiger partial charge in [0.2, 0.25) is 0 Å². The quantitative estimate of drug-likeness (QED) is 0.905. The smallest absolute Gasteiger partial charge is 0.310 e. The number of aliphatic carboxylic acids is 1. The zero-order valence-corrected chi connectivity index (χ0v) is 11.0. The molecule has 5 nitrogen and oxygen atoms in total. The zero-order chi connectivity index (χ0) is 13.9. The second-order valence-corrected chi connectivity index (χ2v) is 4.94. The van der Waals surface area contributed by atoms with Crippen LogP contribution in [0.5, 0.6) is 5.75 Å². The van der Waals surface area contributed by atoms with Gasteiger partial charge in [-0.05, 0) is 36.1 Å². The van der Waals surface area contributed by atoms with Crippen LogP contribution < -0.4 is 4.74 Å². The lowest BCUT2D eigenvalue weighted by atomic mass is 10.0. The zero-order valence-electron chi connectivity index (χ0n) is 11.0. The van der Waals surface area contributed by atoms with Crippen LogP contribution in [0.15, 0.2) is 36.9 Å². The van der Waals surface area contributed by atoms with E-state index in [0.717, 1.165) is 29.8 Å². The molecule has 104 valence electrons. The van der Waals surface area contributed by atoms with Crippen molar-refractivity contribution in [3.05, 3.63) is 48.0 Å². The number of nitrogens with zero attached hydrogens (tertiary/aromatic N) is 2. The van der Waals surface area contributed by atoms with Gasteiger partial charge < -0.3 is 14.4 Å². The molecule has 0 saturated carbocycles. The third-order valence-corrected chi connectivity index (χ3v) is 3.67. The van der Waals surface area contributed by atoms with Gasteiger partial charge in [0.15, 0.2) is 0 Å². The Balaban J connectivity index is 1.63. The number of ether oxygens (including phenoxy) is 1. The van der Waals surface area contributed by atoms with E-state index in [-0.39, 0.29) is 5.92 Å². The summed E-state index contributed by atoms with van der Waals surface area (Å²) in [7, 11) is 0. The number of benzene rings is 1. The molecule has 0 unspecified atom stereocenters. The van der Waals surface area contributed by atoms with Gasteiger partial charge in [0, 0.05) is 12.4 Å². The molecule has 0 bridgehead atoms. The molecular formula is C15H16N2O3. The molecule has 3 rings (SSSR count). The molecule has 20 heavy (non-hydrogen) atoms. The maximum absolute atomic E-state index is 11.1. The van der Waals surface area contributed by atoms with Gasteiger partial charge in [-0.2, -0.15) is 0 Å². The topological polar surface area (TPSA) is 64.3 Å². The number of aryl methyl sites for hydroxylation is 1. The van der Waals surface area contributed by atoms with Crippen LogP contribution in [-0.2, 0) is 17.8 Å². The van der Waals surface area contributed by atoms with Crippen LogP contribution in [-0.4, -0.2) is 27.2 Å². The minimum Gasteiger partial charge on any atom is -0.492 e. The van der Waals surface area contributed by atoms with Crippen molar-refractivity contribution in [1.82, 2.24) is 9.55 Å². The van der Waals surface area contributed by atoms with E-state index in [1.807, 2.05) is 29.0 Å². The molecule has 1 heterocycles. The van der Waals surface area contributed by atoms with Gasteiger partial charge in [0.25, 0.3) is 0 Å². The summed E-state index contributed by atoms with van der Waals surface area (Å²) in [6.45, 7) is 1.31. The Kier molecular flexibility index (Phi) is 3.41. The van der Waals surface area contributed by atoms with Crippen molar-refractivity contribution in [3.63, 3.8) is 0 Å². The van der Waals surface area contributed by atoms with Crippen molar-refractivity contribution in [2.75, 3.05) is 6.61 Å². The van der Waals surface area contributed by atoms with Crippen LogP contribution in [0.25, 0.3) is 0 Å². The molecular weight excluding hydrogens is 256 g/mol. The average Bonchev–Trinajstić information content (AvgIpc) is 3.06. The lowest BCUT2D eigenvalue weighted by Gasteiger charge is -2.10. The number of fused-ring (bicyclic) bond motifs is 1. The first kappa shape index (κ1) is 12.7. The number of rotatable bonds is 5. The van der Waals surface area contributed by atoms with Crippen molar-refractivity contribution < 1.29 is 14.6 Å².